The second-order valence-corrected chi connectivity index (χ2v) is 6.55. The quantitative estimate of drug-likeness (QED) is 0.672. The van der Waals surface area contributed by atoms with Gasteiger partial charge in [-0.15, -0.1) is 0 Å². The summed E-state index contributed by atoms with van der Waals surface area (Å²) in [7, 11) is 0. The lowest BCUT2D eigenvalue weighted by Gasteiger charge is -2.15. The lowest BCUT2D eigenvalue weighted by Crippen LogP contribution is -2.35. The van der Waals surface area contributed by atoms with Gasteiger partial charge in [-0.05, 0) is 30.9 Å². The van der Waals surface area contributed by atoms with E-state index in [9.17, 15) is 9.59 Å². The van der Waals surface area contributed by atoms with Crippen LogP contribution in [0.3, 0.4) is 0 Å². The Morgan fingerprint density at radius 1 is 1.32 bits per heavy atom. The Balaban J connectivity index is 1.33. The van der Waals surface area contributed by atoms with Crippen LogP contribution in [0.25, 0.3) is 10.9 Å². The maximum Gasteiger partial charge on any atom is 0.343 e. The Kier molecular flexibility index (Phi) is 4.13. The van der Waals surface area contributed by atoms with Gasteiger partial charge in [-0.25, -0.2) is 9.89 Å². The molecule has 0 bridgehead atoms. The van der Waals surface area contributed by atoms with Crippen molar-refractivity contribution in [3.8, 4) is 0 Å². The van der Waals surface area contributed by atoms with E-state index >= 15 is 0 Å². The van der Waals surface area contributed by atoms with Crippen LogP contribution in [0.2, 0.25) is 0 Å². The molecule has 1 aliphatic heterocycles. The van der Waals surface area contributed by atoms with Crippen molar-refractivity contribution in [1.82, 2.24) is 25.1 Å². The largest absolute Gasteiger partial charge is 0.361 e. The molecule has 1 atom stereocenters. The number of nitrogens with zero attached hydrogens (tertiary/aromatic N) is 2. The number of aromatic amines is 2. The van der Waals surface area contributed by atoms with E-state index in [1.807, 2.05) is 24.4 Å². The number of fused-ring (bicyclic) bond motifs is 2. The van der Waals surface area contributed by atoms with Crippen molar-refractivity contribution in [3.63, 3.8) is 0 Å². The molecule has 1 unspecified atom stereocenters. The van der Waals surface area contributed by atoms with Gasteiger partial charge in [0, 0.05) is 42.5 Å². The number of nitrogens with one attached hydrogen (secondary N) is 3. The fourth-order valence-electron chi connectivity index (χ4n) is 3.54. The predicted octanol–water partition coefficient (Wildman–Crippen LogP) is 1.51. The molecule has 1 aromatic carbocycles. The first kappa shape index (κ1) is 15.7. The first-order valence-corrected chi connectivity index (χ1v) is 8.69. The summed E-state index contributed by atoms with van der Waals surface area (Å²) in [6.45, 7) is 0.595. The highest BCUT2D eigenvalue weighted by Gasteiger charge is 2.20. The van der Waals surface area contributed by atoms with Crippen LogP contribution in [0.1, 0.15) is 30.7 Å². The molecule has 0 saturated heterocycles. The summed E-state index contributed by atoms with van der Waals surface area (Å²) in [5.41, 5.74) is 2.10. The van der Waals surface area contributed by atoms with Crippen LogP contribution < -0.4 is 11.0 Å². The van der Waals surface area contributed by atoms with Crippen LogP contribution in [0, 0.1) is 0 Å². The normalized spacial score (nSPS) is 17.2. The van der Waals surface area contributed by atoms with Crippen molar-refractivity contribution in [2.24, 2.45) is 0 Å². The van der Waals surface area contributed by atoms with Gasteiger partial charge in [-0.2, -0.15) is 5.10 Å². The van der Waals surface area contributed by atoms with Gasteiger partial charge >= 0.3 is 5.69 Å². The minimum atomic E-state index is -0.165. The number of amides is 1. The highest BCUT2D eigenvalue weighted by molar-refractivity contribution is 5.84. The SMILES string of the molecule is O=C(CCc1c[nH]c2ccccc12)NC1CCc2n[nH]c(=O)n2CC1. The van der Waals surface area contributed by atoms with E-state index in [4.69, 9.17) is 0 Å². The van der Waals surface area contributed by atoms with Crippen molar-refractivity contribution in [1.29, 1.82) is 0 Å². The first-order valence-electron chi connectivity index (χ1n) is 8.69. The Morgan fingerprint density at radius 3 is 3.12 bits per heavy atom. The standard InChI is InChI=1S/C18H21N5O2/c24-17(8-5-12-11-19-15-4-2-1-3-14(12)15)20-13-6-7-16-21-22-18(25)23(16)10-9-13/h1-4,11,13,19H,5-10H2,(H,20,24)(H,22,25). The molecule has 0 fully saturated rings. The second kappa shape index (κ2) is 6.58. The average molecular weight is 339 g/mol. The van der Waals surface area contributed by atoms with Crippen LogP contribution in [0.5, 0.6) is 0 Å². The molecule has 4 rings (SSSR count). The van der Waals surface area contributed by atoms with Gasteiger partial charge in [0.15, 0.2) is 0 Å². The Labute approximate surface area is 144 Å². The molecule has 1 amide bonds. The number of rotatable bonds is 4. The number of benzene rings is 1. The van der Waals surface area contributed by atoms with Crippen molar-refractivity contribution >= 4 is 16.8 Å². The molecule has 1 aliphatic rings. The minimum absolute atomic E-state index is 0.0590. The fourth-order valence-corrected chi connectivity index (χ4v) is 3.54. The van der Waals surface area contributed by atoms with Crippen molar-refractivity contribution in [3.05, 3.63) is 52.3 Å². The monoisotopic (exact) mass is 339 g/mol. The predicted molar refractivity (Wildman–Crippen MR) is 94.3 cm³/mol. The van der Waals surface area contributed by atoms with Crippen molar-refractivity contribution in [2.75, 3.05) is 0 Å². The molecule has 0 aliphatic carbocycles. The number of carbonyl (C=O) groups excluding carboxylic acids is 1. The van der Waals surface area contributed by atoms with E-state index in [1.54, 1.807) is 4.57 Å². The number of hydrogen-bond donors (Lipinski definition) is 3. The van der Waals surface area contributed by atoms with Crippen LogP contribution >= 0.6 is 0 Å². The minimum Gasteiger partial charge on any atom is -0.361 e. The molecule has 3 aromatic rings. The van der Waals surface area contributed by atoms with Gasteiger partial charge in [-0.1, -0.05) is 18.2 Å². The number of aromatic nitrogens is 4. The molecular formula is C18H21N5O2. The van der Waals surface area contributed by atoms with Gasteiger partial charge in [0.25, 0.3) is 0 Å². The van der Waals surface area contributed by atoms with Crippen LogP contribution in [0.15, 0.2) is 35.3 Å². The molecule has 7 heteroatoms. The highest BCUT2D eigenvalue weighted by Crippen LogP contribution is 2.19. The molecule has 2 aromatic heterocycles. The maximum absolute atomic E-state index is 12.3. The van der Waals surface area contributed by atoms with E-state index < -0.39 is 0 Å². The maximum atomic E-state index is 12.3. The average Bonchev–Trinajstić information content (AvgIpc) is 3.12. The lowest BCUT2D eigenvalue weighted by atomic mass is 10.1. The fraction of sp³-hybridized carbons (Fsp3) is 0.389. The Bertz CT molecular complexity index is 952. The van der Waals surface area contributed by atoms with Crippen LogP contribution in [-0.2, 0) is 24.2 Å². The highest BCUT2D eigenvalue weighted by atomic mass is 16.2. The third-order valence-electron chi connectivity index (χ3n) is 4.92. The number of H-pyrrole nitrogens is 2. The first-order chi connectivity index (χ1) is 12.2. The van der Waals surface area contributed by atoms with Gasteiger partial charge in [0.05, 0.1) is 0 Å². The van der Waals surface area contributed by atoms with Gasteiger partial charge in [0.2, 0.25) is 5.91 Å². The zero-order valence-electron chi connectivity index (χ0n) is 13.9. The van der Waals surface area contributed by atoms with Crippen LogP contribution in [0.4, 0.5) is 0 Å². The molecule has 3 heterocycles. The summed E-state index contributed by atoms with van der Waals surface area (Å²) in [6.07, 6.45) is 5.42. The number of hydrogen-bond acceptors (Lipinski definition) is 3. The Morgan fingerprint density at radius 2 is 2.20 bits per heavy atom. The second-order valence-electron chi connectivity index (χ2n) is 6.55. The van der Waals surface area contributed by atoms with E-state index in [1.165, 1.54) is 10.9 Å². The molecule has 0 saturated carbocycles. The van der Waals surface area contributed by atoms with Gasteiger partial charge < -0.3 is 10.3 Å². The number of para-hydroxylation sites is 1. The Hall–Kier alpha value is -2.83. The number of aryl methyl sites for hydroxylation is 2. The van der Waals surface area contributed by atoms with Gasteiger partial charge in [0.1, 0.15) is 5.82 Å². The molecule has 0 spiro atoms. The van der Waals surface area contributed by atoms with E-state index in [0.29, 0.717) is 25.8 Å². The molecular weight excluding hydrogens is 318 g/mol. The number of carbonyl (C=O) groups is 1. The van der Waals surface area contributed by atoms with Crippen LogP contribution in [-0.4, -0.2) is 31.7 Å². The molecule has 130 valence electrons. The molecule has 0 radical (unpaired) electrons. The third-order valence-corrected chi connectivity index (χ3v) is 4.92. The van der Waals surface area contributed by atoms with Crippen molar-refractivity contribution < 1.29 is 4.79 Å². The third kappa shape index (κ3) is 3.22. The van der Waals surface area contributed by atoms with E-state index in [2.05, 4.69) is 26.6 Å². The van der Waals surface area contributed by atoms with E-state index in [0.717, 1.165) is 24.2 Å². The molecule has 7 nitrogen and oxygen atoms in total. The van der Waals surface area contributed by atoms with Gasteiger partial charge in [-0.3, -0.25) is 9.36 Å². The topological polar surface area (TPSA) is 95.6 Å². The summed E-state index contributed by atoms with van der Waals surface area (Å²) in [5.74, 6) is 0.837. The van der Waals surface area contributed by atoms with Crippen molar-refractivity contribution in [2.45, 2.75) is 44.7 Å². The zero-order valence-corrected chi connectivity index (χ0v) is 13.9. The zero-order chi connectivity index (χ0) is 17.2. The summed E-state index contributed by atoms with van der Waals surface area (Å²) >= 11 is 0. The molecule has 3 N–H and O–H groups in total. The van der Waals surface area contributed by atoms with E-state index in [-0.39, 0.29) is 17.6 Å². The summed E-state index contributed by atoms with van der Waals surface area (Å²) in [4.78, 5) is 27.2. The smallest absolute Gasteiger partial charge is 0.343 e. The summed E-state index contributed by atoms with van der Waals surface area (Å²) < 4.78 is 1.66. The summed E-state index contributed by atoms with van der Waals surface area (Å²) in [6, 6.07) is 8.21. The molecule has 25 heavy (non-hydrogen) atoms. The lowest BCUT2D eigenvalue weighted by molar-refractivity contribution is -0.121. The summed E-state index contributed by atoms with van der Waals surface area (Å²) in [5, 5.41) is 10.8.